The van der Waals surface area contributed by atoms with Crippen LogP contribution in [-0.4, -0.2) is 11.5 Å². The van der Waals surface area contributed by atoms with E-state index in [-0.39, 0.29) is 0 Å². The van der Waals surface area contributed by atoms with E-state index in [1.807, 2.05) is 11.8 Å². The summed E-state index contributed by atoms with van der Waals surface area (Å²) in [6.45, 7) is 0. The monoisotopic (exact) mass is 127 g/mol. The zero-order valence-corrected chi connectivity index (χ0v) is 5.74. The molecule has 0 N–H and O–H groups in total. The Morgan fingerprint density at radius 3 is 2.62 bits per heavy atom. The van der Waals surface area contributed by atoms with Gasteiger partial charge in [0.05, 0.1) is 6.07 Å². The van der Waals surface area contributed by atoms with Gasteiger partial charge in [0, 0.05) is 11.2 Å². The molecule has 44 valence electrons. The minimum Gasteiger partial charge on any atom is -0.198 e. The number of rotatable bonds is 1. The van der Waals surface area contributed by atoms with Crippen molar-refractivity contribution in [2.24, 2.45) is 5.92 Å². The fourth-order valence-electron chi connectivity index (χ4n) is 0.864. The van der Waals surface area contributed by atoms with Gasteiger partial charge in [-0.3, -0.25) is 0 Å². The first-order valence-corrected chi connectivity index (χ1v) is 4.08. The molecule has 1 fully saturated rings. The first kappa shape index (κ1) is 5.97. The van der Waals surface area contributed by atoms with E-state index in [2.05, 4.69) is 12.3 Å². The van der Waals surface area contributed by atoms with Gasteiger partial charge >= 0.3 is 0 Å². The van der Waals surface area contributed by atoms with Gasteiger partial charge in [-0.1, -0.05) is 0 Å². The Balaban J connectivity index is 2.14. The molecule has 1 saturated carbocycles. The van der Waals surface area contributed by atoms with Gasteiger partial charge < -0.3 is 0 Å². The van der Waals surface area contributed by atoms with Crippen molar-refractivity contribution in [1.82, 2.24) is 0 Å². The Bertz CT molecular complexity index is 110. The van der Waals surface area contributed by atoms with E-state index in [0.29, 0.717) is 5.92 Å². The summed E-state index contributed by atoms with van der Waals surface area (Å²) in [4.78, 5) is 0. The average molecular weight is 127 g/mol. The third kappa shape index (κ3) is 0.976. The van der Waals surface area contributed by atoms with Crippen LogP contribution in [0.3, 0.4) is 0 Å². The molecule has 1 aliphatic carbocycles. The molecule has 0 atom stereocenters. The van der Waals surface area contributed by atoms with Crippen molar-refractivity contribution in [2.75, 3.05) is 6.26 Å². The predicted octanol–water partition coefficient (Wildman–Crippen LogP) is 1.65. The topological polar surface area (TPSA) is 23.8 Å². The Labute approximate surface area is 54.1 Å². The molecular weight excluding hydrogens is 118 g/mol. The second kappa shape index (κ2) is 2.41. The van der Waals surface area contributed by atoms with E-state index < -0.39 is 0 Å². The SMILES string of the molecule is CSC1CC(C#N)C1. The van der Waals surface area contributed by atoms with E-state index in [9.17, 15) is 0 Å². The molecule has 0 bridgehead atoms. The van der Waals surface area contributed by atoms with Crippen LogP contribution in [-0.2, 0) is 0 Å². The van der Waals surface area contributed by atoms with Crippen LogP contribution in [0.2, 0.25) is 0 Å². The third-order valence-electron chi connectivity index (χ3n) is 1.61. The van der Waals surface area contributed by atoms with Gasteiger partial charge in [0.15, 0.2) is 0 Å². The highest BCUT2D eigenvalue weighted by Gasteiger charge is 2.27. The summed E-state index contributed by atoms with van der Waals surface area (Å²) < 4.78 is 0. The van der Waals surface area contributed by atoms with E-state index in [1.54, 1.807) is 0 Å². The highest BCUT2D eigenvalue weighted by Crippen LogP contribution is 2.34. The van der Waals surface area contributed by atoms with Crippen LogP contribution in [0.15, 0.2) is 0 Å². The summed E-state index contributed by atoms with van der Waals surface area (Å²) in [5.74, 6) is 0.382. The summed E-state index contributed by atoms with van der Waals surface area (Å²) in [6.07, 6.45) is 4.35. The number of thioether (sulfide) groups is 1. The zero-order chi connectivity index (χ0) is 5.98. The maximum absolute atomic E-state index is 8.34. The van der Waals surface area contributed by atoms with E-state index >= 15 is 0 Å². The summed E-state index contributed by atoms with van der Waals surface area (Å²) >= 11 is 1.88. The second-order valence-electron chi connectivity index (χ2n) is 2.16. The normalized spacial score (nSPS) is 35.5. The lowest BCUT2D eigenvalue weighted by molar-refractivity contribution is 0.413. The molecule has 0 aromatic heterocycles. The molecule has 0 aliphatic heterocycles. The predicted molar refractivity (Wildman–Crippen MR) is 35.6 cm³/mol. The zero-order valence-electron chi connectivity index (χ0n) is 4.92. The quantitative estimate of drug-likeness (QED) is 0.534. The molecule has 0 radical (unpaired) electrons. The second-order valence-corrected chi connectivity index (χ2v) is 3.29. The summed E-state index contributed by atoms with van der Waals surface area (Å²) in [7, 11) is 0. The van der Waals surface area contributed by atoms with E-state index in [1.165, 1.54) is 0 Å². The molecule has 8 heavy (non-hydrogen) atoms. The van der Waals surface area contributed by atoms with Crippen molar-refractivity contribution in [3.8, 4) is 6.07 Å². The maximum atomic E-state index is 8.34. The first-order chi connectivity index (χ1) is 3.86. The third-order valence-corrected chi connectivity index (χ3v) is 2.66. The van der Waals surface area contributed by atoms with Gasteiger partial charge in [0.1, 0.15) is 0 Å². The summed E-state index contributed by atoms with van der Waals surface area (Å²) in [5.41, 5.74) is 0. The van der Waals surface area contributed by atoms with Gasteiger partial charge in [-0.05, 0) is 19.1 Å². The van der Waals surface area contributed by atoms with Crippen LogP contribution < -0.4 is 0 Å². The largest absolute Gasteiger partial charge is 0.198 e. The smallest absolute Gasteiger partial charge is 0.0656 e. The highest BCUT2D eigenvalue weighted by atomic mass is 32.2. The van der Waals surface area contributed by atoms with Crippen LogP contribution in [0.25, 0.3) is 0 Å². The molecule has 0 heterocycles. The van der Waals surface area contributed by atoms with Crippen molar-refractivity contribution in [3.05, 3.63) is 0 Å². The Morgan fingerprint density at radius 1 is 1.62 bits per heavy atom. The number of hydrogen-bond acceptors (Lipinski definition) is 2. The molecule has 0 aromatic carbocycles. The van der Waals surface area contributed by atoms with Gasteiger partial charge in [0.25, 0.3) is 0 Å². The van der Waals surface area contributed by atoms with Crippen LogP contribution in [0.4, 0.5) is 0 Å². The lowest BCUT2D eigenvalue weighted by Gasteiger charge is -2.28. The van der Waals surface area contributed by atoms with Crippen LogP contribution in [0.5, 0.6) is 0 Å². The van der Waals surface area contributed by atoms with Crippen LogP contribution in [0, 0.1) is 17.2 Å². The van der Waals surface area contributed by atoms with Crippen molar-refractivity contribution < 1.29 is 0 Å². The maximum Gasteiger partial charge on any atom is 0.0656 e. The van der Waals surface area contributed by atoms with Gasteiger partial charge in [-0.15, -0.1) is 0 Å². The van der Waals surface area contributed by atoms with Gasteiger partial charge in [-0.2, -0.15) is 17.0 Å². The molecule has 0 spiro atoms. The highest BCUT2D eigenvalue weighted by molar-refractivity contribution is 7.99. The molecule has 0 saturated heterocycles. The number of hydrogen-bond donors (Lipinski definition) is 0. The Hall–Kier alpha value is -0.160. The molecule has 1 nitrogen and oxygen atoms in total. The standard InChI is InChI=1S/C6H9NS/c1-8-6-2-5(3-6)4-7/h5-6H,2-3H2,1H3. The molecule has 1 rings (SSSR count). The lowest BCUT2D eigenvalue weighted by Crippen LogP contribution is -2.23. The minimum atomic E-state index is 0.382. The number of nitrogens with zero attached hydrogens (tertiary/aromatic N) is 1. The van der Waals surface area contributed by atoms with Crippen molar-refractivity contribution in [1.29, 1.82) is 5.26 Å². The van der Waals surface area contributed by atoms with Crippen molar-refractivity contribution >= 4 is 11.8 Å². The van der Waals surface area contributed by atoms with Gasteiger partial charge in [0.2, 0.25) is 0 Å². The fraction of sp³-hybridized carbons (Fsp3) is 0.833. The van der Waals surface area contributed by atoms with Crippen LogP contribution >= 0.6 is 11.8 Å². The number of nitriles is 1. The fourth-order valence-corrected chi connectivity index (χ4v) is 1.71. The average Bonchev–Trinajstić information content (AvgIpc) is 1.65. The minimum absolute atomic E-state index is 0.382. The Morgan fingerprint density at radius 2 is 2.25 bits per heavy atom. The van der Waals surface area contributed by atoms with Crippen LogP contribution in [0.1, 0.15) is 12.8 Å². The summed E-state index contributed by atoms with van der Waals surface area (Å²) in [6, 6.07) is 2.25. The molecule has 0 unspecified atom stereocenters. The summed E-state index contributed by atoms with van der Waals surface area (Å²) in [5, 5.41) is 9.13. The van der Waals surface area contributed by atoms with Gasteiger partial charge in [-0.25, -0.2) is 0 Å². The first-order valence-electron chi connectivity index (χ1n) is 2.79. The molecular formula is C6H9NS. The molecule has 2 heteroatoms. The molecule has 0 amide bonds. The molecule has 0 aromatic rings. The van der Waals surface area contributed by atoms with Crippen molar-refractivity contribution in [3.63, 3.8) is 0 Å². The lowest BCUT2D eigenvalue weighted by atomic mass is 9.86. The van der Waals surface area contributed by atoms with Crippen molar-refractivity contribution in [2.45, 2.75) is 18.1 Å². The van der Waals surface area contributed by atoms with E-state index in [0.717, 1.165) is 18.1 Å². The van der Waals surface area contributed by atoms with E-state index in [4.69, 9.17) is 5.26 Å². The molecule has 1 aliphatic rings. The Kier molecular flexibility index (Phi) is 1.80.